The van der Waals surface area contributed by atoms with E-state index in [0.29, 0.717) is 23.9 Å². The van der Waals surface area contributed by atoms with E-state index in [1.165, 1.54) is 11.2 Å². The Morgan fingerprint density at radius 1 is 1.24 bits per heavy atom. The first-order valence-electron chi connectivity index (χ1n) is 9.19. The van der Waals surface area contributed by atoms with Crippen LogP contribution in [0.15, 0.2) is 47.1 Å². The smallest absolute Gasteiger partial charge is 0.325 e. The van der Waals surface area contributed by atoms with Gasteiger partial charge in [-0.05, 0) is 31.2 Å². The fraction of sp³-hybridized carbons (Fsp3) is 0.350. The minimum atomic E-state index is -1.33. The van der Waals surface area contributed by atoms with Gasteiger partial charge in [0.25, 0.3) is 5.91 Å². The average molecular weight is 399 g/mol. The fourth-order valence-electron chi connectivity index (χ4n) is 3.39. The third kappa shape index (κ3) is 3.39. The number of nitrogens with zero attached hydrogens (tertiary/aromatic N) is 2. The molecule has 4 rings (SSSR count). The molecule has 2 aliphatic heterocycles. The summed E-state index contributed by atoms with van der Waals surface area (Å²) in [5.74, 6) is 0.665. The lowest BCUT2D eigenvalue weighted by atomic mass is 9.99. The maximum atomic E-state index is 12.8. The highest BCUT2D eigenvalue weighted by Crippen LogP contribution is 2.31. The zero-order valence-corrected chi connectivity index (χ0v) is 16.1. The van der Waals surface area contributed by atoms with Crippen LogP contribution in [-0.2, 0) is 15.1 Å². The van der Waals surface area contributed by atoms with Gasteiger partial charge in [0.05, 0.1) is 12.8 Å². The molecule has 0 saturated carbocycles. The molecule has 0 aliphatic carbocycles. The van der Waals surface area contributed by atoms with Crippen LogP contribution in [0, 0.1) is 0 Å². The van der Waals surface area contributed by atoms with Crippen LogP contribution in [0.5, 0.6) is 11.5 Å². The second kappa shape index (κ2) is 7.16. The number of urea groups is 1. The van der Waals surface area contributed by atoms with Gasteiger partial charge in [-0.3, -0.25) is 14.5 Å². The van der Waals surface area contributed by atoms with E-state index in [1.807, 2.05) is 18.2 Å². The molecule has 1 saturated heterocycles. The number of furan rings is 1. The molecule has 3 heterocycles. The standard InChI is InChI=1S/C20H21N3O6/c1-20(16-8-5-9-27-16)18(25)23(19(26)21-20)11-17(24)22(2)10-13-12-28-14-6-3-4-7-15(14)29-13/h3-9,13H,10-12H2,1-2H3,(H,21,26). The Bertz CT molecular complexity index is 943. The molecule has 9 nitrogen and oxygen atoms in total. The molecule has 9 heteroatoms. The molecule has 1 fully saturated rings. The summed E-state index contributed by atoms with van der Waals surface area (Å²) in [6, 6.07) is 9.90. The highest BCUT2D eigenvalue weighted by Gasteiger charge is 2.51. The fourth-order valence-corrected chi connectivity index (χ4v) is 3.39. The molecule has 1 N–H and O–H groups in total. The Kier molecular flexibility index (Phi) is 4.65. The molecule has 0 spiro atoms. The summed E-state index contributed by atoms with van der Waals surface area (Å²) >= 11 is 0. The van der Waals surface area contributed by atoms with E-state index in [2.05, 4.69) is 5.32 Å². The van der Waals surface area contributed by atoms with Crippen LogP contribution in [-0.4, -0.2) is 60.5 Å². The SMILES string of the molecule is CN(CC1COc2ccccc2O1)C(=O)CN1C(=O)NC(C)(c2ccco2)C1=O. The first-order chi connectivity index (χ1) is 13.9. The first kappa shape index (κ1) is 18.9. The molecule has 2 aromatic rings. The predicted molar refractivity (Wildman–Crippen MR) is 100 cm³/mol. The van der Waals surface area contributed by atoms with Crippen molar-refractivity contribution in [2.45, 2.75) is 18.6 Å². The molecule has 152 valence electrons. The van der Waals surface area contributed by atoms with Gasteiger partial charge in [0, 0.05) is 7.05 Å². The molecular formula is C20H21N3O6. The zero-order chi connectivity index (χ0) is 20.6. The topological polar surface area (TPSA) is 101 Å². The number of carbonyl (C=O) groups excluding carboxylic acids is 3. The van der Waals surface area contributed by atoms with Gasteiger partial charge in [0.1, 0.15) is 18.9 Å². The summed E-state index contributed by atoms with van der Waals surface area (Å²) in [4.78, 5) is 40.1. The highest BCUT2D eigenvalue weighted by atomic mass is 16.6. The van der Waals surface area contributed by atoms with Crippen molar-refractivity contribution in [2.24, 2.45) is 0 Å². The Morgan fingerprint density at radius 3 is 2.72 bits per heavy atom. The minimum absolute atomic E-state index is 0.256. The lowest BCUT2D eigenvalue weighted by Gasteiger charge is -2.30. The summed E-state index contributed by atoms with van der Waals surface area (Å²) in [5.41, 5.74) is -1.33. The summed E-state index contributed by atoms with van der Waals surface area (Å²) in [6.45, 7) is 1.73. The predicted octanol–water partition coefficient (Wildman–Crippen LogP) is 1.34. The van der Waals surface area contributed by atoms with Crippen LogP contribution in [0.25, 0.3) is 0 Å². The summed E-state index contributed by atoms with van der Waals surface area (Å²) in [7, 11) is 1.59. The number of rotatable bonds is 5. The molecular weight excluding hydrogens is 378 g/mol. The van der Waals surface area contributed by atoms with E-state index in [-0.39, 0.29) is 25.1 Å². The molecule has 4 amide bonds. The van der Waals surface area contributed by atoms with Crippen molar-refractivity contribution < 1.29 is 28.3 Å². The lowest BCUT2D eigenvalue weighted by molar-refractivity contribution is -0.139. The molecule has 2 atom stereocenters. The lowest BCUT2D eigenvalue weighted by Crippen LogP contribution is -2.47. The van der Waals surface area contributed by atoms with Crippen LogP contribution >= 0.6 is 0 Å². The maximum absolute atomic E-state index is 12.8. The van der Waals surface area contributed by atoms with Crippen molar-refractivity contribution in [1.82, 2.24) is 15.1 Å². The van der Waals surface area contributed by atoms with Gasteiger partial charge >= 0.3 is 6.03 Å². The van der Waals surface area contributed by atoms with E-state index in [9.17, 15) is 14.4 Å². The maximum Gasteiger partial charge on any atom is 0.325 e. The molecule has 0 radical (unpaired) electrons. The highest BCUT2D eigenvalue weighted by molar-refractivity contribution is 6.08. The Labute approximate surface area is 167 Å². The molecule has 2 unspecified atom stereocenters. The number of para-hydroxylation sites is 2. The number of likely N-dealkylation sites (N-methyl/N-ethyl adjacent to an activating group) is 1. The number of hydrogen-bond donors (Lipinski definition) is 1. The summed E-state index contributed by atoms with van der Waals surface area (Å²) < 4.78 is 16.8. The normalized spacial score (nSPS) is 23.1. The van der Waals surface area contributed by atoms with Gasteiger partial charge in [-0.1, -0.05) is 12.1 Å². The van der Waals surface area contributed by atoms with E-state index in [0.717, 1.165) is 4.90 Å². The first-order valence-corrected chi connectivity index (χ1v) is 9.19. The number of benzene rings is 1. The van der Waals surface area contributed by atoms with Crippen molar-refractivity contribution in [1.29, 1.82) is 0 Å². The van der Waals surface area contributed by atoms with Gasteiger partial charge < -0.3 is 24.1 Å². The van der Waals surface area contributed by atoms with Gasteiger partial charge in [0.2, 0.25) is 5.91 Å². The van der Waals surface area contributed by atoms with Crippen molar-refractivity contribution in [3.63, 3.8) is 0 Å². The largest absolute Gasteiger partial charge is 0.486 e. The Hall–Kier alpha value is -3.49. The van der Waals surface area contributed by atoms with Gasteiger partial charge in [-0.2, -0.15) is 0 Å². The number of fused-ring (bicyclic) bond motifs is 1. The number of carbonyl (C=O) groups is 3. The number of imide groups is 1. The van der Waals surface area contributed by atoms with Gasteiger partial charge in [-0.15, -0.1) is 0 Å². The van der Waals surface area contributed by atoms with Crippen LogP contribution in [0.1, 0.15) is 12.7 Å². The number of nitrogens with one attached hydrogen (secondary N) is 1. The van der Waals surface area contributed by atoms with Crippen LogP contribution in [0.4, 0.5) is 4.79 Å². The Balaban J connectivity index is 1.38. The van der Waals surface area contributed by atoms with E-state index < -0.39 is 17.5 Å². The van der Waals surface area contributed by atoms with Crippen molar-refractivity contribution in [3.8, 4) is 11.5 Å². The van der Waals surface area contributed by atoms with E-state index in [4.69, 9.17) is 13.9 Å². The van der Waals surface area contributed by atoms with Crippen molar-refractivity contribution >= 4 is 17.8 Å². The van der Waals surface area contributed by atoms with Crippen LogP contribution < -0.4 is 14.8 Å². The summed E-state index contributed by atoms with van der Waals surface area (Å²) in [5, 5.41) is 2.60. The molecule has 1 aromatic heterocycles. The Morgan fingerprint density at radius 2 is 2.00 bits per heavy atom. The monoisotopic (exact) mass is 399 g/mol. The van der Waals surface area contributed by atoms with E-state index in [1.54, 1.807) is 32.2 Å². The number of amides is 4. The quantitative estimate of drug-likeness (QED) is 0.762. The molecule has 1 aromatic carbocycles. The van der Waals surface area contributed by atoms with Crippen molar-refractivity contribution in [2.75, 3.05) is 26.7 Å². The zero-order valence-electron chi connectivity index (χ0n) is 16.1. The van der Waals surface area contributed by atoms with E-state index >= 15 is 0 Å². The van der Waals surface area contributed by atoms with Gasteiger partial charge in [0.15, 0.2) is 23.1 Å². The van der Waals surface area contributed by atoms with Crippen LogP contribution in [0.3, 0.4) is 0 Å². The molecule has 2 aliphatic rings. The third-order valence-corrected chi connectivity index (χ3v) is 5.05. The second-order valence-corrected chi connectivity index (χ2v) is 7.20. The number of ether oxygens (including phenoxy) is 2. The van der Waals surface area contributed by atoms with Crippen molar-refractivity contribution in [3.05, 3.63) is 48.4 Å². The van der Waals surface area contributed by atoms with Crippen LogP contribution in [0.2, 0.25) is 0 Å². The molecule has 29 heavy (non-hydrogen) atoms. The second-order valence-electron chi connectivity index (χ2n) is 7.20. The number of hydrogen-bond acceptors (Lipinski definition) is 6. The average Bonchev–Trinajstić information content (AvgIpc) is 3.32. The third-order valence-electron chi connectivity index (χ3n) is 5.05. The molecule has 0 bridgehead atoms. The minimum Gasteiger partial charge on any atom is -0.486 e. The van der Waals surface area contributed by atoms with Gasteiger partial charge in [-0.25, -0.2) is 4.79 Å². The summed E-state index contributed by atoms with van der Waals surface area (Å²) in [6.07, 6.45) is 1.07.